The van der Waals surface area contributed by atoms with E-state index in [1.165, 1.54) is 24.3 Å². The Morgan fingerprint density at radius 2 is 1.75 bits per heavy atom. The normalized spacial score (nSPS) is 13.5. The van der Waals surface area contributed by atoms with Crippen LogP contribution in [0.5, 0.6) is 0 Å². The monoisotopic (exact) mass is 446 g/mol. The molecule has 1 heterocycles. The number of pyridine rings is 1. The highest BCUT2D eigenvalue weighted by Crippen LogP contribution is 2.32. The lowest BCUT2D eigenvalue weighted by atomic mass is 9.95. The Kier molecular flexibility index (Phi) is 6.93. The Balaban J connectivity index is 1.94. The predicted octanol–water partition coefficient (Wildman–Crippen LogP) is 5.67. The zero-order valence-corrected chi connectivity index (χ0v) is 17.4. The van der Waals surface area contributed by atoms with E-state index in [1.807, 2.05) is 19.1 Å². The lowest BCUT2D eigenvalue weighted by molar-refractivity contribution is -0.154. The number of aryl methyl sites for hydroxylation is 1. The van der Waals surface area contributed by atoms with Crippen LogP contribution in [0.25, 0.3) is 11.1 Å². The SMILES string of the molecule is Cc1ccc(-c2cc(C(=O)N[C@H](C)c3ccc(F)cn3)cc(C(O)CC(F)(F)F)c2)cc1. The van der Waals surface area contributed by atoms with Crippen molar-refractivity contribution in [1.29, 1.82) is 0 Å². The molecule has 2 aromatic carbocycles. The Morgan fingerprint density at radius 3 is 2.34 bits per heavy atom. The number of nitrogens with one attached hydrogen (secondary N) is 1. The average Bonchev–Trinajstić information content (AvgIpc) is 2.73. The number of carbonyl (C=O) groups is 1. The first-order chi connectivity index (χ1) is 15.0. The van der Waals surface area contributed by atoms with E-state index in [4.69, 9.17) is 0 Å². The van der Waals surface area contributed by atoms with Gasteiger partial charge in [-0.25, -0.2) is 4.39 Å². The molecule has 4 nitrogen and oxygen atoms in total. The van der Waals surface area contributed by atoms with E-state index in [0.29, 0.717) is 16.8 Å². The Labute approximate surface area is 182 Å². The number of aliphatic hydroxyl groups excluding tert-OH is 1. The van der Waals surface area contributed by atoms with E-state index in [9.17, 15) is 27.5 Å². The predicted molar refractivity (Wildman–Crippen MR) is 112 cm³/mol. The molecule has 1 amide bonds. The first-order valence-electron chi connectivity index (χ1n) is 9.91. The number of halogens is 4. The molecule has 2 N–H and O–H groups in total. The van der Waals surface area contributed by atoms with Gasteiger partial charge < -0.3 is 10.4 Å². The second kappa shape index (κ2) is 9.48. The molecule has 2 atom stereocenters. The number of hydrogen-bond acceptors (Lipinski definition) is 3. The van der Waals surface area contributed by atoms with Crippen LogP contribution in [-0.2, 0) is 0 Å². The molecule has 0 aliphatic rings. The van der Waals surface area contributed by atoms with Crippen molar-refractivity contribution in [2.75, 3.05) is 0 Å². The summed E-state index contributed by atoms with van der Waals surface area (Å²) in [6.07, 6.45) is -6.78. The van der Waals surface area contributed by atoms with E-state index in [0.717, 1.165) is 11.8 Å². The molecule has 0 fully saturated rings. The standard InChI is InChI=1S/C24H22F4N2O2/c1-14-3-5-16(6-4-14)17-9-18(22(31)12-24(26,27)28)11-19(10-17)23(32)30-15(2)21-8-7-20(25)13-29-21/h3-11,13,15,22,31H,12H2,1-2H3,(H,30,32)/t15-,22?/m1/s1. The third-order valence-electron chi connectivity index (χ3n) is 4.95. The number of benzene rings is 2. The molecule has 0 spiro atoms. The summed E-state index contributed by atoms with van der Waals surface area (Å²) in [4.78, 5) is 16.8. The summed E-state index contributed by atoms with van der Waals surface area (Å²) in [5, 5.41) is 12.9. The van der Waals surface area contributed by atoms with Crippen molar-refractivity contribution >= 4 is 5.91 Å². The van der Waals surface area contributed by atoms with Crippen LogP contribution in [0.1, 0.15) is 52.7 Å². The molecule has 0 aliphatic heterocycles. The largest absolute Gasteiger partial charge is 0.391 e. The topological polar surface area (TPSA) is 62.2 Å². The van der Waals surface area contributed by atoms with Crippen LogP contribution in [0.2, 0.25) is 0 Å². The van der Waals surface area contributed by atoms with Crippen LogP contribution in [0, 0.1) is 12.7 Å². The fourth-order valence-electron chi connectivity index (χ4n) is 3.22. The minimum atomic E-state index is -4.57. The van der Waals surface area contributed by atoms with Crippen molar-refractivity contribution in [3.05, 3.63) is 89.0 Å². The van der Waals surface area contributed by atoms with Gasteiger partial charge in [0.25, 0.3) is 5.91 Å². The molecule has 8 heteroatoms. The molecular weight excluding hydrogens is 424 g/mol. The molecule has 0 aliphatic carbocycles. The van der Waals surface area contributed by atoms with Crippen molar-refractivity contribution in [1.82, 2.24) is 10.3 Å². The van der Waals surface area contributed by atoms with Crippen molar-refractivity contribution in [3.63, 3.8) is 0 Å². The molecule has 1 unspecified atom stereocenters. The number of aliphatic hydroxyl groups is 1. The zero-order valence-electron chi connectivity index (χ0n) is 17.4. The molecule has 1 aromatic heterocycles. The highest BCUT2D eigenvalue weighted by molar-refractivity contribution is 5.96. The fraction of sp³-hybridized carbons (Fsp3) is 0.250. The second-order valence-corrected chi connectivity index (χ2v) is 7.64. The van der Waals surface area contributed by atoms with Crippen molar-refractivity contribution in [3.8, 4) is 11.1 Å². The van der Waals surface area contributed by atoms with Gasteiger partial charge in [0, 0.05) is 5.56 Å². The van der Waals surface area contributed by atoms with Crippen molar-refractivity contribution < 1.29 is 27.5 Å². The highest BCUT2D eigenvalue weighted by atomic mass is 19.4. The van der Waals surface area contributed by atoms with Crippen LogP contribution >= 0.6 is 0 Å². The number of nitrogens with zero attached hydrogens (tertiary/aromatic N) is 1. The maximum absolute atomic E-state index is 13.1. The minimum absolute atomic E-state index is 0.0156. The van der Waals surface area contributed by atoms with Crippen LogP contribution in [0.15, 0.2) is 60.8 Å². The summed E-state index contributed by atoms with van der Waals surface area (Å²) in [7, 11) is 0. The molecule has 3 rings (SSSR count). The average molecular weight is 446 g/mol. The number of alkyl halides is 3. The van der Waals surface area contributed by atoms with E-state index in [1.54, 1.807) is 25.1 Å². The third kappa shape index (κ3) is 6.13. The lowest BCUT2D eigenvalue weighted by Gasteiger charge is -2.18. The van der Waals surface area contributed by atoms with Gasteiger partial charge in [-0.2, -0.15) is 13.2 Å². The first kappa shape index (κ1) is 23.4. The molecule has 3 aromatic rings. The van der Waals surface area contributed by atoms with Gasteiger partial charge in [0.1, 0.15) is 5.82 Å². The summed E-state index contributed by atoms with van der Waals surface area (Å²) in [5.41, 5.74) is 2.69. The van der Waals surface area contributed by atoms with Gasteiger partial charge >= 0.3 is 6.18 Å². The van der Waals surface area contributed by atoms with E-state index < -0.39 is 36.5 Å². The summed E-state index contributed by atoms with van der Waals surface area (Å²) in [6.45, 7) is 3.55. The van der Waals surface area contributed by atoms with E-state index in [-0.39, 0.29) is 11.1 Å². The Bertz CT molecular complexity index is 1080. The van der Waals surface area contributed by atoms with Gasteiger partial charge in [-0.15, -0.1) is 0 Å². The molecule has 168 valence electrons. The Hall–Kier alpha value is -3.26. The number of rotatable bonds is 6. The first-order valence-corrected chi connectivity index (χ1v) is 9.91. The third-order valence-corrected chi connectivity index (χ3v) is 4.95. The molecule has 0 saturated carbocycles. The summed E-state index contributed by atoms with van der Waals surface area (Å²) < 4.78 is 51.6. The van der Waals surface area contributed by atoms with Gasteiger partial charge in [0.05, 0.1) is 30.5 Å². The quantitative estimate of drug-likeness (QED) is 0.480. The fourth-order valence-corrected chi connectivity index (χ4v) is 3.22. The number of carbonyl (C=O) groups excluding carboxylic acids is 1. The molecule has 32 heavy (non-hydrogen) atoms. The molecule has 0 saturated heterocycles. The number of aromatic nitrogens is 1. The summed E-state index contributed by atoms with van der Waals surface area (Å²) in [5.74, 6) is -1.07. The highest BCUT2D eigenvalue weighted by Gasteiger charge is 2.32. The second-order valence-electron chi connectivity index (χ2n) is 7.64. The van der Waals surface area contributed by atoms with Crippen LogP contribution < -0.4 is 5.32 Å². The smallest absolute Gasteiger partial charge is 0.388 e. The maximum atomic E-state index is 13.1. The zero-order chi connectivity index (χ0) is 23.5. The summed E-state index contributed by atoms with van der Waals surface area (Å²) in [6, 6.07) is 13.6. The maximum Gasteiger partial charge on any atom is 0.391 e. The van der Waals surface area contributed by atoms with Gasteiger partial charge in [0.2, 0.25) is 0 Å². The lowest BCUT2D eigenvalue weighted by Crippen LogP contribution is -2.27. The van der Waals surface area contributed by atoms with Gasteiger partial charge in [0.15, 0.2) is 0 Å². The molecular formula is C24H22F4N2O2. The van der Waals surface area contributed by atoms with E-state index in [2.05, 4.69) is 10.3 Å². The molecule has 0 bridgehead atoms. The van der Waals surface area contributed by atoms with Gasteiger partial charge in [-0.05, 0) is 60.9 Å². The summed E-state index contributed by atoms with van der Waals surface area (Å²) >= 11 is 0. The van der Waals surface area contributed by atoms with Crippen LogP contribution in [0.4, 0.5) is 17.6 Å². The van der Waals surface area contributed by atoms with Crippen LogP contribution in [0.3, 0.4) is 0 Å². The van der Waals surface area contributed by atoms with Crippen LogP contribution in [-0.4, -0.2) is 22.2 Å². The van der Waals surface area contributed by atoms with Gasteiger partial charge in [-0.1, -0.05) is 29.8 Å². The van der Waals surface area contributed by atoms with E-state index >= 15 is 0 Å². The van der Waals surface area contributed by atoms with Crippen molar-refractivity contribution in [2.45, 2.75) is 38.6 Å². The molecule has 0 radical (unpaired) electrons. The number of amides is 1. The van der Waals surface area contributed by atoms with Gasteiger partial charge in [-0.3, -0.25) is 9.78 Å². The minimum Gasteiger partial charge on any atom is -0.388 e. The number of hydrogen-bond donors (Lipinski definition) is 2. The Morgan fingerprint density at radius 1 is 1.06 bits per heavy atom. The van der Waals surface area contributed by atoms with Crippen molar-refractivity contribution in [2.24, 2.45) is 0 Å².